The molecule has 0 spiro atoms. The molecule has 0 unspecified atom stereocenters. The molecule has 3 N–H and O–H groups in total. The van der Waals surface area contributed by atoms with Gasteiger partial charge in [-0.15, -0.1) is 0 Å². The topological polar surface area (TPSA) is 103 Å². The molecule has 0 aliphatic rings. The minimum atomic E-state index is 0.234. The molecular formula is C10H12N6OS. The highest BCUT2D eigenvalue weighted by atomic mass is 32.1. The minimum absolute atomic E-state index is 0.234. The molecule has 0 saturated carbocycles. The molecule has 2 aromatic rings. The Kier molecular flexibility index (Phi) is 3.47. The van der Waals surface area contributed by atoms with Crippen LogP contribution in [0.2, 0.25) is 0 Å². The summed E-state index contributed by atoms with van der Waals surface area (Å²) in [5.41, 5.74) is 6.84. The molecule has 0 fully saturated rings. The van der Waals surface area contributed by atoms with E-state index >= 15 is 0 Å². The number of thiocarbonyl (C=S) groups is 1. The summed E-state index contributed by atoms with van der Waals surface area (Å²) in [6.07, 6.45) is 0. The van der Waals surface area contributed by atoms with E-state index in [2.05, 4.69) is 25.4 Å². The Labute approximate surface area is 109 Å². The predicted octanol–water partition coefficient (Wildman–Crippen LogP) is 0.723. The highest BCUT2D eigenvalue weighted by Crippen LogP contribution is 2.06. The number of anilines is 1. The molecule has 0 amide bonds. The van der Waals surface area contributed by atoms with E-state index in [0.717, 1.165) is 5.69 Å². The summed E-state index contributed by atoms with van der Waals surface area (Å²) in [6.45, 7) is 3.94. The quantitative estimate of drug-likeness (QED) is 0.779. The molecule has 18 heavy (non-hydrogen) atoms. The van der Waals surface area contributed by atoms with Crippen molar-refractivity contribution >= 4 is 23.2 Å². The molecule has 94 valence electrons. The minimum Gasteiger partial charge on any atom is -0.388 e. The van der Waals surface area contributed by atoms with E-state index in [0.29, 0.717) is 29.9 Å². The van der Waals surface area contributed by atoms with Gasteiger partial charge >= 0.3 is 0 Å². The van der Waals surface area contributed by atoms with Crippen molar-refractivity contribution in [1.29, 1.82) is 0 Å². The Hall–Kier alpha value is -2.09. The summed E-state index contributed by atoms with van der Waals surface area (Å²) in [5, 5.41) is 6.66. The first-order valence-electron chi connectivity index (χ1n) is 5.23. The van der Waals surface area contributed by atoms with E-state index in [-0.39, 0.29) is 4.99 Å². The Morgan fingerprint density at radius 2 is 2.17 bits per heavy atom. The van der Waals surface area contributed by atoms with Crippen LogP contribution in [0, 0.1) is 13.8 Å². The highest BCUT2D eigenvalue weighted by Gasteiger charge is 2.06. The van der Waals surface area contributed by atoms with Gasteiger partial charge in [0.15, 0.2) is 5.82 Å². The van der Waals surface area contributed by atoms with Crippen LogP contribution in [0.15, 0.2) is 10.6 Å². The van der Waals surface area contributed by atoms with Crippen molar-refractivity contribution in [1.82, 2.24) is 20.1 Å². The lowest BCUT2D eigenvalue weighted by atomic mass is 10.3. The number of hydrogen-bond acceptors (Lipinski definition) is 7. The zero-order valence-electron chi connectivity index (χ0n) is 9.97. The van der Waals surface area contributed by atoms with Crippen LogP contribution in [0.25, 0.3) is 0 Å². The smallest absolute Gasteiger partial charge is 0.246 e. The van der Waals surface area contributed by atoms with Gasteiger partial charge in [-0.1, -0.05) is 17.4 Å². The molecule has 0 radical (unpaired) electrons. The summed E-state index contributed by atoms with van der Waals surface area (Å²) in [7, 11) is 0. The first-order valence-corrected chi connectivity index (χ1v) is 5.64. The molecule has 2 rings (SSSR count). The first-order chi connectivity index (χ1) is 8.54. The first kappa shape index (κ1) is 12.4. The summed E-state index contributed by atoms with van der Waals surface area (Å²) < 4.78 is 4.96. The maximum atomic E-state index is 5.53. The Morgan fingerprint density at radius 3 is 2.78 bits per heavy atom. The van der Waals surface area contributed by atoms with Gasteiger partial charge in [0.2, 0.25) is 11.8 Å². The molecule has 0 bridgehead atoms. The van der Waals surface area contributed by atoms with E-state index < -0.39 is 0 Å². The molecule has 2 aromatic heterocycles. The molecule has 0 atom stereocenters. The second-order valence-corrected chi connectivity index (χ2v) is 4.11. The summed E-state index contributed by atoms with van der Waals surface area (Å²) in [6, 6.07) is 1.73. The zero-order valence-corrected chi connectivity index (χ0v) is 10.8. The van der Waals surface area contributed by atoms with E-state index in [9.17, 15) is 0 Å². The summed E-state index contributed by atoms with van der Waals surface area (Å²) >= 11 is 4.88. The lowest BCUT2D eigenvalue weighted by Gasteiger charge is -2.05. The molecular weight excluding hydrogens is 252 g/mol. The van der Waals surface area contributed by atoms with Crippen molar-refractivity contribution in [2.45, 2.75) is 20.4 Å². The average Bonchev–Trinajstić information content (AvgIpc) is 2.72. The Bertz CT molecular complexity index is 581. The lowest BCUT2D eigenvalue weighted by Crippen LogP contribution is -2.14. The highest BCUT2D eigenvalue weighted by molar-refractivity contribution is 7.80. The lowest BCUT2D eigenvalue weighted by molar-refractivity contribution is 0.379. The molecule has 0 aliphatic heterocycles. The second kappa shape index (κ2) is 5.05. The monoisotopic (exact) mass is 264 g/mol. The van der Waals surface area contributed by atoms with E-state index in [4.69, 9.17) is 22.5 Å². The number of aryl methyl sites for hydroxylation is 2. The van der Waals surface area contributed by atoms with Gasteiger partial charge in [-0.3, -0.25) is 0 Å². The summed E-state index contributed by atoms with van der Waals surface area (Å²) in [5.74, 6) is 1.48. The zero-order chi connectivity index (χ0) is 13.1. The third-order valence-electron chi connectivity index (χ3n) is 2.07. The van der Waals surface area contributed by atoms with E-state index in [1.165, 1.54) is 0 Å². The maximum Gasteiger partial charge on any atom is 0.246 e. The van der Waals surface area contributed by atoms with Crippen molar-refractivity contribution < 1.29 is 4.52 Å². The SMILES string of the molecule is Cc1cc(C(N)=S)nc(NCc2nc(C)no2)n1. The van der Waals surface area contributed by atoms with Gasteiger partial charge in [0.1, 0.15) is 10.7 Å². The Balaban J connectivity index is 2.11. The van der Waals surface area contributed by atoms with Gasteiger partial charge in [0.05, 0.1) is 6.54 Å². The van der Waals surface area contributed by atoms with Crippen LogP contribution >= 0.6 is 12.2 Å². The van der Waals surface area contributed by atoms with Crippen LogP contribution in [0.4, 0.5) is 5.95 Å². The number of rotatable bonds is 4. The van der Waals surface area contributed by atoms with Crippen LogP contribution in [-0.2, 0) is 6.54 Å². The van der Waals surface area contributed by atoms with Crippen molar-refractivity contribution in [3.8, 4) is 0 Å². The van der Waals surface area contributed by atoms with Crippen LogP contribution in [-0.4, -0.2) is 25.1 Å². The number of nitrogens with two attached hydrogens (primary N) is 1. The number of hydrogen-bond donors (Lipinski definition) is 2. The average molecular weight is 264 g/mol. The second-order valence-electron chi connectivity index (χ2n) is 3.67. The summed E-state index contributed by atoms with van der Waals surface area (Å²) in [4.78, 5) is 12.7. The number of nitrogens with zero attached hydrogens (tertiary/aromatic N) is 4. The van der Waals surface area contributed by atoms with Gasteiger partial charge in [-0.2, -0.15) is 4.98 Å². The van der Waals surface area contributed by atoms with Crippen molar-refractivity contribution in [2.24, 2.45) is 5.73 Å². The van der Waals surface area contributed by atoms with Crippen molar-refractivity contribution in [3.05, 3.63) is 29.2 Å². The van der Waals surface area contributed by atoms with Crippen LogP contribution in [0.5, 0.6) is 0 Å². The van der Waals surface area contributed by atoms with Crippen molar-refractivity contribution in [2.75, 3.05) is 5.32 Å². The van der Waals surface area contributed by atoms with Crippen LogP contribution in [0.3, 0.4) is 0 Å². The standard InChI is InChI=1S/C10H12N6OS/c1-5-3-7(9(11)18)15-10(13-5)12-4-8-14-6(2)16-17-8/h3H,4H2,1-2H3,(H2,11,18)(H,12,13,15). The molecule has 0 aliphatic carbocycles. The van der Waals surface area contributed by atoms with Crippen LogP contribution in [0.1, 0.15) is 23.1 Å². The van der Waals surface area contributed by atoms with Crippen LogP contribution < -0.4 is 11.1 Å². The van der Waals surface area contributed by atoms with E-state index in [1.54, 1.807) is 13.0 Å². The van der Waals surface area contributed by atoms with Gasteiger partial charge in [0.25, 0.3) is 0 Å². The van der Waals surface area contributed by atoms with Gasteiger partial charge in [0, 0.05) is 5.69 Å². The van der Waals surface area contributed by atoms with Crippen molar-refractivity contribution in [3.63, 3.8) is 0 Å². The van der Waals surface area contributed by atoms with E-state index in [1.807, 2.05) is 6.92 Å². The van der Waals surface area contributed by atoms with Gasteiger partial charge in [-0.05, 0) is 19.9 Å². The fourth-order valence-corrected chi connectivity index (χ4v) is 1.44. The fourth-order valence-electron chi connectivity index (χ4n) is 1.34. The molecule has 0 aromatic carbocycles. The molecule has 2 heterocycles. The fraction of sp³-hybridized carbons (Fsp3) is 0.300. The third kappa shape index (κ3) is 2.98. The number of nitrogens with one attached hydrogen (secondary N) is 1. The normalized spacial score (nSPS) is 10.3. The third-order valence-corrected chi connectivity index (χ3v) is 2.28. The van der Waals surface area contributed by atoms with Gasteiger partial charge in [-0.25, -0.2) is 9.97 Å². The molecule has 0 saturated heterocycles. The molecule has 7 nitrogen and oxygen atoms in total. The van der Waals surface area contributed by atoms with Gasteiger partial charge < -0.3 is 15.6 Å². The number of aromatic nitrogens is 4. The molecule has 8 heteroatoms. The predicted molar refractivity (Wildman–Crippen MR) is 69.0 cm³/mol. The largest absolute Gasteiger partial charge is 0.388 e. The Morgan fingerprint density at radius 1 is 1.39 bits per heavy atom. The maximum absolute atomic E-state index is 5.53.